The van der Waals surface area contributed by atoms with Gasteiger partial charge in [-0.2, -0.15) is 13.2 Å². The molecule has 0 spiro atoms. The fraction of sp³-hybridized carbons (Fsp3) is 0.417. The molecule has 2 N–H and O–H groups in total. The smallest absolute Gasteiger partial charge is 0.417 e. The van der Waals surface area contributed by atoms with Crippen molar-refractivity contribution in [3.63, 3.8) is 0 Å². The molecule has 0 aliphatic carbocycles. The molecule has 1 atom stereocenters. The van der Waals surface area contributed by atoms with E-state index in [0.717, 1.165) is 0 Å². The molecule has 1 aliphatic heterocycles. The van der Waals surface area contributed by atoms with E-state index in [0.29, 0.717) is 24.0 Å². The van der Waals surface area contributed by atoms with E-state index in [2.05, 4.69) is 0 Å². The molecule has 0 saturated carbocycles. The first kappa shape index (κ1) is 14.4. The quantitative estimate of drug-likeness (QED) is 0.887. The molecule has 1 heterocycles. The number of fused-ring (bicyclic) bond motifs is 1. The van der Waals surface area contributed by atoms with Crippen molar-refractivity contribution < 1.29 is 32.5 Å². The molecule has 110 valence electrons. The van der Waals surface area contributed by atoms with E-state index < -0.39 is 17.7 Å². The van der Waals surface area contributed by atoms with Crippen LogP contribution in [0, 0.1) is 0 Å². The number of rotatable bonds is 4. The number of nitrogens with one attached hydrogen (secondary N) is 1. The van der Waals surface area contributed by atoms with Gasteiger partial charge in [0.15, 0.2) is 11.5 Å². The van der Waals surface area contributed by atoms with Gasteiger partial charge in [-0.05, 0) is 24.6 Å². The fourth-order valence-corrected chi connectivity index (χ4v) is 1.63. The maximum absolute atomic E-state index is 12.8. The molecule has 2 rings (SSSR count). The topological polar surface area (TPSA) is 67.8 Å². The van der Waals surface area contributed by atoms with Gasteiger partial charge >= 0.3 is 12.1 Å². The molecule has 0 aromatic heterocycles. The van der Waals surface area contributed by atoms with E-state index in [-0.39, 0.29) is 13.3 Å². The zero-order valence-electron chi connectivity index (χ0n) is 10.5. The Morgan fingerprint density at radius 3 is 2.60 bits per heavy atom. The largest absolute Gasteiger partial charge is 0.480 e. The number of carboxylic acids is 1. The Hall–Kier alpha value is -1.96. The molecule has 1 aromatic rings. The van der Waals surface area contributed by atoms with Crippen LogP contribution in [0.2, 0.25) is 0 Å². The van der Waals surface area contributed by atoms with Crippen LogP contribution in [0.4, 0.5) is 13.2 Å². The number of hydrogen-bond donors (Lipinski definition) is 2. The summed E-state index contributed by atoms with van der Waals surface area (Å²) in [6.07, 6.45) is -4.91. The zero-order valence-corrected chi connectivity index (χ0v) is 10.5. The number of alkyl halides is 3. The van der Waals surface area contributed by atoms with Crippen LogP contribution in [0.25, 0.3) is 0 Å². The van der Waals surface area contributed by atoms with Crippen LogP contribution >= 0.6 is 0 Å². The Labute approximate surface area is 112 Å². The fourth-order valence-electron chi connectivity index (χ4n) is 1.63. The van der Waals surface area contributed by atoms with Crippen LogP contribution < -0.4 is 14.8 Å². The molecule has 8 heteroatoms. The average Bonchev–Trinajstić information content (AvgIpc) is 2.81. The lowest BCUT2D eigenvalue weighted by Gasteiger charge is -2.28. The highest BCUT2D eigenvalue weighted by atomic mass is 19.4. The predicted molar refractivity (Wildman–Crippen MR) is 61.5 cm³/mol. The second-order valence-corrected chi connectivity index (χ2v) is 4.47. The van der Waals surface area contributed by atoms with Crippen molar-refractivity contribution in [1.29, 1.82) is 0 Å². The molecule has 1 aromatic carbocycles. The van der Waals surface area contributed by atoms with Crippen LogP contribution in [-0.4, -0.2) is 29.6 Å². The summed E-state index contributed by atoms with van der Waals surface area (Å²) in [4.78, 5) is 10.8. The maximum atomic E-state index is 12.8. The Kier molecular flexibility index (Phi) is 3.51. The number of ether oxygens (including phenoxy) is 2. The lowest BCUT2D eigenvalue weighted by atomic mass is 10.0. The molecular weight excluding hydrogens is 279 g/mol. The zero-order chi connectivity index (χ0) is 15.0. The Balaban J connectivity index is 2.12. The van der Waals surface area contributed by atoms with Gasteiger partial charge in [0, 0.05) is 6.54 Å². The van der Waals surface area contributed by atoms with Gasteiger partial charge in [-0.25, -0.2) is 4.79 Å². The molecule has 0 saturated heterocycles. The van der Waals surface area contributed by atoms with Gasteiger partial charge in [0.1, 0.15) is 0 Å². The second-order valence-electron chi connectivity index (χ2n) is 4.47. The monoisotopic (exact) mass is 291 g/mol. The van der Waals surface area contributed by atoms with Crippen molar-refractivity contribution in [3.05, 3.63) is 23.8 Å². The van der Waals surface area contributed by atoms with E-state index in [4.69, 9.17) is 14.6 Å². The molecule has 0 radical (unpaired) electrons. The lowest BCUT2D eigenvalue weighted by molar-refractivity contribution is -0.206. The summed E-state index contributed by atoms with van der Waals surface area (Å²) >= 11 is 0. The summed E-state index contributed by atoms with van der Waals surface area (Å²) < 4.78 is 48.5. The summed E-state index contributed by atoms with van der Waals surface area (Å²) in [7, 11) is 0. The summed E-state index contributed by atoms with van der Waals surface area (Å²) in [5, 5.41) is 10.8. The van der Waals surface area contributed by atoms with Crippen LogP contribution in [0.15, 0.2) is 18.2 Å². The van der Waals surface area contributed by atoms with Crippen LogP contribution in [0.1, 0.15) is 12.5 Å². The summed E-state index contributed by atoms with van der Waals surface area (Å²) in [5.41, 5.74) is -2.55. The molecule has 1 aliphatic rings. The molecule has 20 heavy (non-hydrogen) atoms. The van der Waals surface area contributed by atoms with Crippen LogP contribution in [0.5, 0.6) is 11.5 Å². The van der Waals surface area contributed by atoms with Gasteiger partial charge in [-0.15, -0.1) is 0 Å². The standard InChI is InChI=1S/C12H12F3NO4/c1-11(10(17)18,12(13,14)15)16-5-7-2-3-8-9(4-7)20-6-19-8/h2-4,16H,5-6H2,1H3,(H,17,18). The second kappa shape index (κ2) is 4.86. The minimum absolute atomic E-state index is 0.0572. The van der Waals surface area contributed by atoms with Gasteiger partial charge in [0.25, 0.3) is 0 Å². The number of carboxylic acid groups (broad SMARTS) is 1. The highest BCUT2D eigenvalue weighted by Crippen LogP contribution is 2.34. The third-order valence-corrected chi connectivity index (χ3v) is 3.08. The van der Waals surface area contributed by atoms with Crippen LogP contribution in [0.3, 0.4) is 0 Å². The Morgan fingerprint density at radius 2 is 2.00 bits per heavy atom. The van der Waals surface area contributed by atoms with Crippen molar-refractivity contribution in [1.82, 2.24) is 5.32 Å². The minimum atomic E-state index is -4.91. The number of halogens is 3. The molecule has 0 amide bonds. The first-order valence-electron chi connectivity index (χ1n) is 5.68. The van der Waals surface area contributed by atoms with E-state index in [1.807, 2.05) is 5.32 Å². The average molecular weight is 291 g/mol. The van der Waals surface area contributed by atoms with E-state index in [9.17, 15) is 18.0 Å². The van der Waals surface area contributed by atoms with Crippen LogP contribution in [-0.2, 0) is 11.3 Å². The van der Waals surface area contributed by atoms with Crippen molar-refractivity contribution in [2.24, 2.45) is 0 Å². The third-order valence-electron chi connectivity index (χ3n) is 3.08. The molecule has 0 bridgehead atoms. The van der Waals surface area contributed by atoms with Crippen molar-refractivity contribution in [2.75, 3.05) is 6.79 Å². The summed E-state index contributed by atoms with van der Waals surface area (Å²) in [5.74, 6) is -1.05. The van der Waals surface area contributed by atoms with Gasteiger partial charge in [-0.3, -0.25) is 5.32 Å². The van der Waals surface area contributed by atoms with E-state index in [1.54, 1.807) is 12.1 Å². The summed E-state index contributed by atoms with van der Waals surface area (Å²) in [6.45, 7) is 0.378. The first-order valence-corrected chi connectivity index (χ1v) is 5.68. The molecule has 0 fully saturated rings. The van der Waals surface area contributed by atoms with Crippen molar-refractivity contribution in [2.45, 2.75) is 25.2 Å². The van der Waals surface area contributed by atoms with E-state index in [1.165, 1.54) is 6.07 Å². The number of carbonyl (C=O) groups is 1. The number of hydrogen-bond acceptors (Lipinski definition) is 4. The number of aliphatic carboxylic acids is 1. The van der Waals surface area contributed by atoms with E-state index >= 15 is 0 Å². The predicted octanol–water partition coefficient (Wildman–Crippen LogP) is 1.91. The van der Waals surface area contributed by atoms with Gasteiger partial charge in [0.2, 0.25) is 12.3 Å². The molecular formula is C12H12F3NO4. The summed E-state index contributed by atoms with van der Waals surface area (Å²) in [6, 6.07) is 4.61. The highest BCUT2D eigenvalue weighted by molar-refractivity contribution is 5.79. The first-order chi connectivity index (χ1) is 9.24. The van der Waals surface area contributed by atoms with Gasteiger partial charge < -0.3 is 14.6 Å². The normalized spacial score (nSPS) is 16.8. The maximum Gasteiger partial charge on any atom is 0.417 e. The van der Waals surface area contributed by atoms with Gasteiger partial charge in [0.05, 0.1) is 0 Å². The Morgan fingerprint density at radius 1 is 1.35 bits per heavy atom. The third kappa shape index (κ3) is 2.51. The van der Waals surface area contributed by atoms with Gasteiger partial charge in [-0.1, -0.05) is 6.07 Å². The highest BCUT2D eigenvalue weighted by Gasteiger charge is 2.57. The van der Waals surface area contributed by atoms with Crippen molar-refractivity contribution >= 4 is 5.97 Å². The SMILES string of the molecule is CC(NCc1ccc2c(c1)OCO2)(C(=O)O)C(F)(F)F. The van der Waals surface area contributed by atoms with Crippen molar-refractivity contribution in [3.8, 4) is 11.5 Å². The number of benzene rings is 1. The minimum Gasteiger partial charge on any atom is -0.480 e. The lowest BCUT2D eigenvalue weighted by Crippen LogP contribution is -2.59. The molecule has 5 nitrogen and oxygen atoms in total. The molecule has 1 unspecified atom stereocenters. The Bertz CT molecular complexity index is 532.